The van der Waals surface area contributed by atoms with Gasteiger partial charge in [0.2, 0.25) is 0 Å². The molecule has 0 heterocycles. The summed E-state index contributed by atoms with van der Waals surface area (Å²) in [5.41, 5.74) is 0. The van der Waals surface area contributed by atoms with Gasteiger partial charge < -0.3 is 19.7 Å². The molecule has 0 saturated heterocycles. The largest absolute Gasteiger partial charge is 0.506 e. The van der Waals surface area contributed by atoms with Crippen LogP contribution < -0.4 is 0 Å². The monoisotopic (exact) mass is 220 g/mol. The highest BCUT2D eigenvalue weighted by Gasteiger charge is 2.21. The van der Waals surface area contributed by atoms with Crippen LogP contribution in [0.4, 0.5) is 9.59 Å². The molecule has 0 amide bonds. The first-order valence-electron chi connectivity index (χ1n) is 4.72. The van der Waals surface area contributed by atoms with Crippen molar-refractivity contribution in [2.75, 3.05) is 6.61 Å². The van der Waals surface area contributed by atoms with Crippen LogP contribution in [0.15, 0.2) is 0 Å². The van der Waals surface area contributed by atoms with Gasteiger partial charge in [0.25, 0.3) is 0 Å². The summed E-state index contributed by atoms with van der Waals surface area (Å²) >= 11 is 0. The maximum Gasteiger partial charge on any atom is 0.506 e. The summed E-state index contributed by atoms with van der Waals surface area (Å²) in [6.07, 6.45) is -1.93. The van der Waals surface area contributed by atoms with Crippen LogP contribution in [0.5, 0.6) is 0 Å². The molecule has 0 aromatic rings. The maximum absolute atomic E-state index is 10.3. The van der Waals surface area contributed by atoms with Gasteiger partial charge in [0.1, 0.15) is 12.7 Å². The van der Waals surface area contributed by atoms with Gasteiger partial charge >= 0.3 is 12.3 Å². The Morgan fingerprint density at radius 2 is 1.87 bits per heavy atom. The van der Waals surface area contributed by atoms with Crippen LogP contribution >= 0.6 is 0 Å². The molecule has 0 radical (unpaired) electrons. The lowest BCUT2D eigenvalue weighted by atomic mass is 10.0. The fourth-order valence-corrected chi connectivity index (χ4v) is 1.18. The zero-order valence-corrected chi connectivity index (χ0v) is 8.80. The van der Waals surface area contributed by atoms with Crippen molar-refractivity contribution in [3.05, 3.63) is 0 Å². The summed E-state index contributed by atoms with van der Waals surface area (Å²) in [6.45, 7) is 3.52. The number of carboxylic acid groups (broad SMARTS) is 2. The van der Waals surface area contributed by atoms with E-state index in [1.807, 2.05) is 6.92 Å². The lowest BCUT2D eigenvalue weighted by molar-refractivity contribution is 0.000658. The van der Waals surface area contributed by atoms with Crippen molar-refractivity contribution < 1.29 is 29.3 Å². The zero-order chi connectivity index (χ0) is 11.8. The van der Waals surface area contributed by atoms with E-state index in [0.717, 1.165) is 6.42 Å². The lowest BCUT2D eigenvalue weighted by Gasteiger charge is -2.21. The molecule has 15 heavy (non-hydrogen) atoms. The lowest BCUT2D eigenvalue weighted by Crippen LogP contribution is -2.28. The molecule has 0 spiro atoms. The third kappa shape index (κ3) is 6.59. The third-order valence-electron chi connectivity index (χ3n) is 1.93. The van der Waals surface area contributed by atoms with Gasteiger partial charge in [0.15, 0.2) is 0 Å². The van der Waals surface area contributed by atoms with Crippen LogP contribution in [0.2, 0.25) is 0 Å². The molecular formula is C9H16O6. The number of rotatable bonds is 6. The van der Waals surface area contributed by atoms with E-state index in [4.69, 9.17) is 10.2 Å². The summed E-state index contributed by atoms with van der Waals surface area (Å²) in [7, 11) is 0. The first-order chi connectivity index (χ1) is 6.97. The van der Waals surface area contributed by atoms with Gasteiger partial charge in [0.05, 0.1) is 0 Å². The third-order valence-corrected chi connectivity index (χ3v) is 1.93. The standard InChI is InChI=1S/C9H16O6/c1-3-4-7(15-9(12)13)6(2)5-14-8(10)11/h6-7H,3-5H2,1-2H3,(H,10,11)(H,12,13). The van der Waals surface area contributed by atoms with E-state index in [2.05, 4.69) is 9.47 Å². The highest BCUT2D eigenvalue weighted by Crippen LogP contribution is 2.14. The smallest absolute Gasteiger partial charge is 0.450 e. The van der Waals surface area contributed by atoms with Crippen LogP contribution in [0.1, 0.15) is 26.7 Å². The number of ether oxygens (including phenoxy) is 2. The normalized spacial score (nSPS) is 14.0. The molecule has 6 heteroatoms. The first-order valence-corrected chi connectivity index (χ1v) is 4.72. The second-order valence-corrected chi connectivity index (χ2v) is 3.27. The Hall–Kier alpha value is -1.46. The number of hydrogen-bond acceptors (Lipinski definition) is 4. The summed E-state index contributed by atoms with van der Waals surface area (Å²) in [6, 6.07) is 0. The van der Waals surface area contributed by atoms with Gasteiger partial charge in [-0.1, -0.05) is 20.3 Å². The molecule has 0 bridgehead atoms. The van der Waals surface area contributed by atoms with Crippen LogP contribution in [0.25, 0.3) is 0 Å². The van der Waals surface area contributed by atoms with Crippen molar-refractivity contribution in [3.63, 3.8) is 0 Å². The molecule has 0 aliphatic rings. The topological polar surface area (TPSA) is 93.1 Å². The highest BCUT2D eigenvalue weighted by atomic mass is 16.7. The Morgan fingerprint density at radius 1 is 1.27 bits per heavy atom. The minimum atomic E-state index is -1.37. The van der Waals surface area contributed by atoms with E-state index >= 15 is 0 Å². The van der Waals surface area contributed by atoms with Crippen molar-refractivity contribution in [1.29, 1.82) is 0 Å². The van der Waals surface area contributed by atoms with Crippen molar-refractivity contribution in [1.82, 2.24) is 0 Å². The van der Waals surface area contributed by atoms with E-state index in [9.17, 15) is 9.59 Å². The molecule has 0 aliphatic carbocycles. The van der Waals surface area contributed by atoms with Crippen molar-refractivity contribution in [2.24, 2.45) is 5.92 Å². The summed E-state index contributed by atoms with van der Waals surface area (Å²) < 4.78 is 8.98. The van der Waals surface area contributed by atoms with Crippen LogP contribution in [0.3, 0.4) is 0 Å². The minimum absolute atomic E-state index is 0.0622. The highest BCUT2D eigenvalue weighted by molar-refractivity contribution is 5.57. The average Bonchev–Trinajstić information content (AvgIpc) is 2.12. The van der Waals surface area contributed by atoms with E-state index in [1.165, 1.54) is 0 Å². The summed E-state index contributed by atoms with van der Waals surface area (Å²) in [5.74, 6) is -0.280. The van der Waals surface area contributed by atoms with Gasteiger partial charge in [-0.05, 0) is 6.42 Å². The molecule has 0 saturated carbocycles. The second kappa shape index (κ2) is 6.92. The predicted octanol–water partition coefficient (Wildman–Crippen LogP) is 2.18. The van der Waals surface area contributed by atoms with Crippen molar-refractivity contribution in [3.8, 4) is 0 Å². The molecular weight excluding hydrogens is 204 g/mol. The second-order valence-electron chi connectivity index (χ2n) is 3.27. The van der Waals surface area contributed by atoms with Gasteiger partial charge in [0, 0.05) is 5.92 Å². The van der Waals surface area contributed by atoms with Crippen molar-refractivity contribution in [2.45, 2.75) is 32.8 Å². The molecule has 0 rings (SSSR count). The van der Waals surface area contributed by atoms with Gasteiger partial charge in [-0.3, -0.25) is 0 Å². The van der Waals surface area contributed by atoms with E-state index in [0.29, 0.717) is 6.42 Å². The predicted molar refractivity (Wildman–Crippen MR) is 50.9 cm³/mol. The molecule has 6 nitrogen and oxygen atoms in total. The van der Waals surface area contributed by atoms with Crippen LogP contribution in [0, 0.1) is 5.92 Å². The molecule has 2 atom stereocenters. The summed E-state index contributed by atoms with van der Waals surface area (Å²) in [4.78, 5) is 20.5. The van der Waals surface area contributed by atoms with E-state index in [-0.39, 0.29) is 12.5 Å². The van der Waals surface area contributed by atoms with Gasteiger partial charge in [-0.2, -0.15) is 0 Å². The SMILES string of the molecule is CCCC(OC(=O)O)C(C)COC(=O)O. The van der Waals surface area contributed by atoms with E-state index < -0.39 is 18.4 Å². The minimum Gasteiger partial charge on any atom is -0.450 e. The molecule has 88 valence electrons. The van der Waals surface area contributed by atoms with Gasteiger partial charge in [-0.15, -0.1) is 0 Å². The molecule has 2 unspecified atom stereocenters. The fraction of sp³-hybridized carbons (Fsp3) is 0.778. The molecule has 2 N–H and O–H groups in total. The Labute approximate surface area is 87.8 Å². The molecule has 0 fully saturated rings. The molecule has 0 aromatic carbocycles. The number of carbonyl (C=O) groups is 2. The Balaban J connectivity index is 4.08. The Kier molecular flexibility index (Phi) is 6.24. The quantitative estimate of drug-likeness (QED) is 0.666. The van der Waals surface area contributed by atoms with Crippen LogP contribution in [-0.2, 0) is 9.47 Å². The van der Waals surface area contributed by atoms with Crippen LogP contribution in [-0.4, -0.2) is 35.2 Å². The van der Waals surface area contributed by atoms with Gasteiger partial charge in [-0.25, -0.2) is 9.59 Å². The first kappa shape index (κ1) is 13.5. The number of hydrogen-bond donors (Lipinski definition) is 2. The fourth-order valence-electron chi connectivity index (χ4n) is 1.18. The average molecular weight is 220 g/mol. The zero-order valence-electron chi connectivity index (χ0n) is 8.80. The Bertz CT molecular complexity index is 215. The van der Waals surface area contributed by atoms with Crippen molar-refractivity contribution >= 4 is 12.3 Å². The molecule has 0 aliphatic heterocycles. The van der Waals surface area contributed by atoms with E-state index in [1.54, 1.807) is 6.92 Å². The maximum atomic E-state index is 10.3. The summed E-state index contributed by atoms with van der Waals surface area (Å²) in [5, 5.41) is 16.7. The Morgan fingerprint density at radius 3 is 2.27 bits per heavy atom. The molecule has 0 aromatic heterocycles.